The molecule has 2 fully saturated rings. The van der Waals surface area contributed by atoms with Crippen molar-refractivity contribution in [1.29, 1.82) is 0 Å². The molecule has 5 N–H and O–H groups in total. The molecule has 206 valence electrons. The van der Waals surface area contributed by atoms with E-state index in [-0.39, 0.29) is 36.3 Å². The molecule has 1 aromatic heterocycles. The van der Waals surface area contributed by atoms with Crippen molar-refractivity contribution in [2.24, 2.45) is 16.6 Å². The van der Waals surface area contributed by atoms with E-state index in [2.05, 4.69) is 10.3 Å². The number of nitrogens with one attached hydrogen (secondary N) is 1. The highest BCUT2D eigenvalue weighted by Gasteiger charge is 2.47. The second-order valence-corrected chi connectivity index (χ2v) is 11.2. The lowest BCUT2D eigenvalue weighted by Gasteiger charge is -2.33. The number of amidine groups is 1. The van der Waals surface area contributed by atoms with E-state index >= 15 is 0 Å². The minimum absolute atomic E-state index is 0.0832. The van der Waals surface area contributed by atoms with E-state index in [4.69, 9.17) is 5.73 Å². The van der Waals surface area contributed by atoms with Crippen LogP contribution in [0.2, 0.25) is 0 Å². The summed E-state index contributed by atoms with van der Waals surface area (Å²) in [4.78, 5) is 56.6. The number of aliphatic imine (C=N–C) groups is 1. The van der Waals surface area contributed by atoms with Gasteiger partial charge in [-0.05, 0) is 65.2 Å². The van der Waals surface area contributed by atoms with E-state index in [1.165, 1.54) is 16.2 Å². The summed E-state index contributed by atoms with van der Waals surface area (Å²) in [6, 6.07) is -0.823. The van der Waals surface area contributed by atoms with Gasteiger partial charge in [-0.15, -0.1) is 0 Å². The molecule has 2 aliphatic rings. The molecule has 37 heavy (non-hydrogen) atoms. The first-order valence-corrected chi connectivity index (χ1v) is 12.9. The first kappa shape index (κ1) is 28.4. The molecule has 1 aliphatic heterocycles. The largest absolute Gasteiger partial charge is 0.494 e. The van der Waals surface area contributed by atoms with Crippen LogP contribution in [-0.2, 0) is 11.3 Å². The van der Waals surface area contributed by atoms with Crippen molar-refractivity contribution in [1.82, 2.24) is 19.4 Å². The molecule has 0 unspecified atom stereocenters. The van der Waals surface area contributed by atoms with Crippen molar-refractivity contribution in [2.75, 3.05) is 13.6 Å². The third kappa shape index (κ3) is 5.89. The van der Waals surface area contributed by atoms with Crippen LogP contribution in [0.5, 0.6) is 5.88 Å². The quantitative estimate of drug-likeness (QED) is 0.214. The van der Waals surface area contributed by atoms with Gasteiger partial charge >= 0.3 is 11.7 Å². The van der Waals surface area contributed by atoms with Crippen LogP contribution in [0, 0.1) is 5.92 Å². The number of aromatic nitrogens is 2. The molecule has 0 bridgehead atoms. The Bertz CT molecular complexity index is 1190. The van der Waals surface area contributed by atoms with E-state index in [9.17, 15) is 29.4 Å². The molecule has 0 spiro atoms. The van der Waals surface area contributed by atoms with Gasteiger partial charge in [0.1, 0.15) is 16.9 Å². The number of carbonyl (C=O) groups excluding carboxylic acids is 2. The first-order chi connectivity index (χ1) is 17.2. The molecule has 0 radical (unpaired) electrons. The minimum atomic E-state index is -1.17. The number of aliphatic hydroxyl groups is 1. The van der Waals surface area contributed by atoms with Gasteiger partial charge in [0, 0.05) is 19.6 Å². The predicted octanol–water partition coefficient (Wildman–Crippen LogP) is 1.05. The highest BCUT2D eigenvalue weighted by Crippen LogP contribution is 2.37. The number of nitrogens with zero attached hydrogens (tertiary/aromatic N) is 4. The fraction of sp³-hybridized carbons (Fsp3) is 0.720. The Morgan fingerprint density at radius 2 is 1.81 bits per heavy atom. The molecule has 12 heteroatoms. The van der Waals surface area contributed by atoms with Gasteiger partial charge in [-0.2, -0.15) is 0 Å². The smallest absolute Gasteiger partial charge is 0.334 e. The zero-order valence-corrected chi connectivity index (χ0v) is 22.4. The second kappa shape index (κ2) is 10.7. The fourth-order valence-corrected chi connectivity index (χ4v) is 5.24. The Kier molecular flexibility index (Phi) is 8.21. The van der Waals surface area contributed by atoms with Crippen LogP contribution in [0.15, 0.2) is 14.6 Å². The van der Waals surface area contributed by atoms with Crippen LogP contribution in [-0.4, -0.2) is 66.8 Å². The molecule has 1 saturated heterocycles. The molecule has 1 saturated carbocycles. The number of likely N-dealkylation sites (N-methyl/N-ethyl adjacent to an activating group) is 1. The van der Waals surface area contributed by atoms with Gasteiger partial charge in [0.15, 0.2) is 0 Å². The summed E-state index contributed by atoms with van der Waals surface area (Å²) in [5, 5.41) is 23.6. The number of imide groups is 1. The summed E-state index contributed by atoms with van der Waals surface area (Å²) in [7, 11) is 1.45. The molecule has 3 amide bonds. The van der Waals surface area contributed by atoms with Crippen LogP contribution >= 0.6 is 0 Å². The van der Waals surface area contributed by atoms with Crippen molar-refractivity contribution in [2.45, 2.75) is 96.4 Å². The van der Waals surface area contributed by atoms with Crippen LogP contribution in [0.3, 0.4) is 0 Å². The van der Waals surface area contributed by atoms with Gasteiger partial charge in [-0.1, -0.05) is 13.3 Å². The lowest BCUT2D eigenvalue weighted by molar-refractivity contribution is -0.130. The molecule has 1 atom stereocenters. The Morgan fingerprint density at radius 1 is 1.19 bits per heavy atom. The third-order valence-corrected chi connectivity index (χ3v) is 7.32. The number of hydrogen-bond donors (Lipinski definition) is 4. The Balaban J connectivity index is 1.91. The van der Waals surface area contributed by atoms with Crippen LogP contribution in [0.4, 0.5) is 4.79 Å². The Labute approximate surface area is 216 Å². The maximum Gasteiger partial charge on any atom is 0.334 e. The van der Waals surface area contributed by atoms with Gasteiger partial charge in [-0.25, -0.2) is 9.59 Å². The van der Waals surface area contributed by atoms with E-state index in [1.54, 1.807) is 20.8 Å². The number of rotatable bonds is 9. The lowest BCUT2D eigenvalue weighted by atomic mass is 9.78. The number of hydrogen-bond acceptors (Lipinski definition) is 7. The van der Waals surface area contributed by atoms with Crippen LogP contribution < -0.4 is 22.3 Å². The molecular formula is C25H40N6O6. The predicted molar refractivity (Wildman–Crippen MR) is 139 cm³/mol. The molecule has 3 rings (SSSR count). The summed E-state index contributed by atoms with van der Waals surface area (Å²) >= 11 is 0. The van der Waals surface area contributed by atoms with Gasteiger partial charge in [-0.3, -0.25) is 28.6 Å². The molecule has 0 aromatic carbocycles. The van der Waals surface area contributed by atoms with Gasteiger partial charge < -0.3 is 21.3 Å². The van der Waals surface area contributed by atoms with Crippen molar-refractivity contribution in [3.8, 4) is 5.88 Å². The summed E-state index contributed by atoms with van der Waals surface area (Å²) in [5.41, 5.74) is 2.42. The summed E-state index contributed by atoms with van der Waals surface area (Å²) in [5.74, 6) is -0.883. The van der Waals surface area contributed by atoms with Crippen molar-refractivity contribution < 1.29 is 19.8 Å². The number of nitrogens with two attached hydrogens (primary N) is 1. The number of amides is 3. The SMILES string of the molecule is CCCCn1c(O)c(C(N)=NCC(C)(C)O)c(=O)n(C2CCC(C[C@]3(C)NC(=O)N(C)C3=O)CC2)c1=O. The average molecular weight is 521 g/mol. The number of aromatic hydroxyl groups is 1. The van der Waals surface area contributed by atoms with E-state index in [0.29, 0.717) is 38.5 Å². The summed E-state index contributed by atoms with van der Waals surface area (Å²) < 4.78 is 2.34. The maximum absolute atomic E-state index is 13.5. The third-order valence-electron chi connectivity index (χ3n) is 7.32. The van der Waals surface area contributed by atoms with Crippen molar-refractivity contribution >= 4 is 17.8 Å². The number of urea groups is 1. The average Bonchev–Trinajstić information content (AvgIpc) is 3.00. The second-order valence-electron chi connectivity index (χ2n) is 11.2. The van der Waals surface area contributed by atoms with E-state index in [0.717, 1.165) is 11.3 Å². The van der Waals surface area contributed by atoms with Crippen LogP contribution in [0.1, 0.15) is 84.2 Å². The molecular weight excluding hydrogens is 480 g/mol. The van der Waals surface area contributed by atoms with Gasteiger partial charge in [0.2, 0.25) is 5.88 Å². The minimum Gasteiger partial charge on any atom is -0.494 e. The molecule has 1 aromatic rings. The standard InChI is InChI=1S/C25H40N6O6/c1-6-7-12-30-19(32)17(18(26)27-14-24(2,3)37)20(33)31(23(30)36)16-10-8-15(9-11-16)13-25(4)21(34)29(5)22(35)28-25/h15-16,32,37H,6-14H2,1-5H3,(H2,26,27)(H,28,35)/t15?,16?,25-/m0/s1. The van der Waals surface area contributed by atoms with Crippen molar-refractivity contribution in [3.63, 3.8) is 0 Å². The summed E-state index contributed by atoms with van der Waals surface area (Å²) in [6.07, 6.45) is 4.22. The van der Waals surface area contributed by atoms with Gasteiger partial charge in [0.25, 0.3) is 11.5 Å². The molecule has 12 nitrogen and oxygen atoms in total. The highest BCUT2D eigenvalue weighted by atomic mass is 16.3. The van der Waals surface area contributed by atoms with Crippen LogP contribution in [0.25, 0.3) is 0 Å². The zero-order chi connectivity index (χ0) is 27.7. The maximum atomic E-state index is 13.5. The molecule has 1 aliphatic carbocycles. The number of unbranched alkanes of at least 4 members (excludes halogenated alkanes) is 1. The van der Waals surface area contributed by atoms with Crippen molar-refractivity contribution in [3.05, 3.63) is 26.4 Å². The topological polar surface area (TPSA) is 172 Å². The number of carbonyl (C=O) groups is 2. The van der Waals surface area contributed by atoms with E-state index in [1.807, 2.05) is 6.92 Å². The normalized spacial score (nSPS) is 25.0. The Morgan fingerprint density at radius 3 is 2.32 bits per heavy atom. The van der Waals surface area contributed by atoms with Gasteiger partial charge in [0.05, 0.1) is 12.1 Å². The first-order valence-electron chi connectivity index (χ1n) is 12.9. The summed E-state index contributed by atoms with van der Waals surface area (Å²) in [6.45, 7) is 6.91. The highest BCUT2D eigenvalue weighted by molar-refractivity contribution is 6.06. The lowest BCUT2D eigenvalue weighted by Crippen LogP contribution is -2.47. The molecule has 2 heterocycles. The Hall–Kier alpha value is -3.15. The fourth-order valence-electron chi connectivity index (χ4n) is 5.24. The van der Waals surface area contributed by atoms with E-state index < -0.39 is 40.3 Å². The zero-order valence-electron chi connectivity index (χ0n) is 22.4. The monoisotopic (exact) mass is 520 g/mol.